The molecule has 0 bridgehead atoms. The SMILES string of the molecule is CCCCNc1ccn(C(C)CC)n1.Cl. The van der Waals surface area contributed by atoms with Crippen molar-refractivity contribution in [1.82, 2.24) is 9.78 Å². The van der Waals surface area contributed by atoms with Gasteiger partial charge in [0.1, 0.15) is 5.82 Å². The molecule has 15 heavy (non-hydrogen) atoms. The summed E-state index contributed by atoms with van der Waals surface area (Å²) in [7, 11) is 0. The van der Waals surface area contributed by atoms with Gasteiger partial charge in [-0.3, -0.25) is 4.68 Å². The number of anilines is 1. The Morgan fingerprint density at radius 3 is 2.80 bits per heavy atom. The first kappa shape index (κ1) is 14.3. The summed E-state index contributed by atoms with van der Waals surface area (Å²) in [6, 6.07) is 2.54. The van der Waals surface area contributed by atoms with Crippen LogP contribution in [0, 0.1) is 0 Å². The molecule has 0 spiro atoms. The van der Waals surface area contributed by atoms with Crippen molar-refractivity contribution in [2.24, 2.45) is 0 Å². The maximum absolute atomic E-state index is 4.46. The van der Waals surface area contributed by atoms with Gasteiger partial charge in [0.05, 0.1) is 0 Å². The van der Waals surface area contributed by atoms with E-state index in [9.17, 15) is 0 Å². The number of rotatable bonds is 6. The Balaban J connectivity index is 0.00000196. The minimum atomic E-state index is 0. The van der Waals surface area contributed by atoms with E-state index >= 15 is 0 Å². The molecule has 88 valence electrons. The lowest BCUT2D eigenvalue weighted by Gasteiger charge is -2.08. The van der Waals surface area contributed by atoms with Crippen molar-refractivity contribution in [3.05, 3.63) is 12.3 Å². The Hall–Kier alpha value is -0.700. The second-order valence-corrected chi connectivity index (χ2v) is 3.72. The van der Waals surface area contributed by atoms with Crippen LogP contribution in [0.3, 0.4) is 0 Å². The Morgan fingerprint density at radius 2 is 2.20 bits per heavy atom. The van der Waals surface area contributed by atoms with E-state index < -0.39 is 0 Å². The predicted molar refractivity (Wildman–Crippen MR) is 67.9 cm³/mol. The van der Waals surface area contributed by atoms with Gasteiger partial charge in [-0.2, -0.15) is 5.10 Å². The van der Waals surface area contributed by atoms with E-state index in [0.717, 1.165) is 18.8 Å². The average Bonchev–Trinajstić information content (AvgIpc) is 2.66. The molecule has 1 atom stereocenters. The van der Waals surface area contributed by atoms with Crippen LogP contribution in [0.15, 0.2) is 12.3 Å². The molecule has 0 aliphatic heterocycles. The van der Waals surface area contributed by atoms with Crippen molar-refractivity contribution >= 4 is 18.2 Å². The molecule has 1 aromatic rings. The summed E-state index contributed by atoms with van der Waals surface area (Å²) in [4.78, 5) is 0. The highest BCUT2D eigenvalue weighted by Gasteiger charge is 2.03. The van der Waals surface area contributed by atoms with Crippen molar-refractivity contribution in [1.29, 1.82) is 0 Å². The summed E-state index contributed by atoms with van der Waals surface area (Å²) in [6.45, 7) is 7.58. The second-order valence-electron chi connectivity index (χ2n) is 3.72. The Kier molecular flexibility index (Phi) is 7.22. The van der Waals surface area contributed by atoms with Gasteiger partial charge in [0.2, 0.25) is 0 Å². The fraction of sp³-hybridized carbons (Fsp3) is 0.727. The molecule has 1 rings (SSSR count). The quantitative estimate of drug-likeness (QED) is 0.760. The van der Waals surface area contributed by atoms with E-state index in [2.05, 4.69) is 31.2 Å². The first-order valence-electron chi connectivity index (χ1n) is 5.57. The Bertz CT molecular complexity index is 260. The molecular formula is C11H22ClN3. The van der Waals surface area contributed by atoms with E-state index in [-0.39, 0.29) is 12.4 Å². The molecule has 3 nitrogen and oxygen atoms in total. The maximum Gasteiger partial charge on any atom is 0.147 e. The van der Waals surface area contributed by atoms with Gasteiger partial charge in [0, 0.05) is 24.8 Å². The molecule has 1 heterocycles. The average molecular weight is 232 g/mol. The van der Waals surface area contributed by atoms with Gasteiger partial charge in [-0.15, -0.1) is 12.4 Å². The molecule has 1 unspecified atom stereocenters. The van der Waals surface area contributed by atoms with Crippen LogP contribution in [0.5, 0.6) is 0 Å². The minimum Gasteiger partial charge on any atom is -0.369 e. The molecule has 0 saturated carbocycles. The number of nitrogens with zero attached hydrogens (tertiary/aromatic N) is 2. The van der Waals surface area contributed by atoms with Gasteiger partial charge >= 0.3 is 0 Å². The topological polar surface area (TPSA) is 29.9 Å². The standard InChI is InChI=1S/C11H21N3.ClH/c1-4-6-8-12-11-7-9-14(13-11)10(3)5-2;/h7,9-10H,4-6,8H2,1-3H3,(H,12,13);1H. The van der Waals surface area contributed by atoms with E-state index in [1.807, 2.05) is 16.9 Å². The number of unbranched alkanes of at least 4 members (excludes halogenated alkanes) is 1. The Morgan fingerprint density at radius 1 is 1.47 bits per heavy atom. The van der Waals surface area contributed by atoms with Crippen molar-refractivity contribution in [3.8, 4) is 0 Å². The molecule has 0 amide bonds. The highest BCUT2D eigenvalue weighted by atomic mass is 35.5. The van der Waals surface area contributed by atoms with Gasteiger partial charge in [0.25, 0.3) is 0 Å². The Labute approximate surface area is 98.7 Å². The lowest BCUT2D eigenvalue weighted by Crippen LogP contribution is -2.06. The summed E-state index contributed by atoms with van der Waals surface area (Å²) >= 11 is 0. The van der Waals surface area contributed by atoms with E-state index in [1.54, 1.807) is 0 Å². The molecule has 0 saturated heterocycles. The highest BCUT2D eigenvalue weighted by molar-refractivity contribution is 5.85. The van der Waals surface area contributed by atoms with E-state index in [0.29, 0.717) is 6.04 Å². The molecule has 0 aliphatic carbocycles. The predicted octanol–water partition coefficient (Wildman–Crippen LogP) is 3.49. The van der Waals surface area contributed by atoms with Crippen LogP contribution in [-0.2, 0) is 0 Å². The normalized spacial score (nSPS) is 11.9. The van der Waals surface area contributed by atoms with Crippen molar-refractivity contribution in [2.75, 3.05) is 11.9 Å². The number of hydrogen-bond acceptors (Lipinski definition) is 2. The summed E-state index contributed by atoms with van der Waals surface area (Å²) in [5, 5.41) is 7.77. The lowest BCUT2D eigenvalue weighted by molar-refractivity contribution is 0.479. The van der Waals surface area contributed by atoms with Crippen LogP contribution in [0.1, 0.15) is 46.1 Å². The molecule has 0 aromatic carbocycles. The molecule has 4 heteroatoms. The largest absolute Gasteiger partial charge is 0.369 e. The van der Waals surface area contributed by atoms with Gasteiger partial charge < -0.3 is 5.32 Å². The van der Waals surface area contributed by atoms with Crippen LogP contribution in [0.2, 0.25) is 0 Å². The number of nitrogens with one attached hydrogen (secondary N) is 1. The van der Waals surface area contributed by atoms with Crippen molar-refractivity contribution in [2.45, 2.75) is 46.1 Å². The first-order valence-corrected chi connectivity index (χ1v) is 5.57. The summed E-state index contributed by atoms with van der Waals surface area (Å²) in [5.74, 6) is 0.999. The minimum absolute atomic E-state index is 0. The third kappa shape index (κ3) is 4.56. The monoisotopic (exact) mass is 231 g/mol. The van der Waals surface area contributed by atoms with Crippen LogP contribution >= 0.6 is 12.4 Å². The maximum atomic E-state index is 4.46. The summed E-state index contributed by atoms with van der Waals surface area (Å²) in [5.41, 5.74) is 0. The molecule has 0 aliphatic rings. The third-order valence-electron chi connectivity index (χ3n) is 2.49. The molecule has 0 radical (unpaired) electrons. The molecular weight excluding hydrogens is 210 g/mol. The lowest BCUT2D eigenvalue weighted by atomic mass is 10.3. The third-order valence-corrected chi connectivity index (χ3v) is 2.49. The zero-order valence-electron chi connectivity index (χ0n) is 9.86. The van der Waals surface area contributed by atoms with Crippen molar-refractivity contribution in [3.63, 3.8) is 0 Å². The molecule has 1 aromatic heterocycles. The van der Waals surface area contributed by atoms with Crippen LogP contribution < -0.4 is 5.32 Å². The van der Waals surface area contributed by atoms with Crippen LogP contribution in [-0.4, -0.2) is 16.3 Å². The smallest absolute Gasteiger partial charge is 0.147 e. The summed E-state index contributed by atoms with van der Waals surface area (Å²) < 4.78 is 2.02. The first-order chi connectivity index (χ1) is 6.77. The second kappa shape index (κ2) is 7.57. The number of aromatic nitrogens is 2. The van der Waals surface area contributed by atoms with Gasteiger partial charge in [-0.1, -0.05) is 20.3 Å². The summed E-state index contributed by atoms with van der Waals surface area (Å²) in [6.07, 6.45) is 5.59. The van der Waals surface area contributed by atoms with Gasteiger partial charge in [0.15, 0.2) is 0 Å². The van der Waals surface area contributed by atoms with E-state index in [1.165, 1.54) is 12.8 Å². The number of halogens is 1. The van der Waals surface area contributed by atoms with Gasteiger partial charge in [-0.05, 0) is 19.8 Å². The zero-order chi connectivity index (χ0) is 10.4. The fourth-order valence-corrected chi connectivity index (χ4v) is 1.26. The zero-order valence-corrected chi connectivity index (χ0v) is 10.7. The van der Waals surface area contributed by atoms with Gasteiger partial charge in [-0.25, -0.2) is 0 Å². The molecule has 1 N–H and O–H groups in total. The van der Waals surface area contributed by atoms with Crippen LogP contribution in [0.4, 0.5) is 5.82 Å². The van der Waals surface area contributed by atoms with Crippen molar-refractivity contribution < 1.29 is 0 Å². The number of hydrogen-bond donors (Lipinski definition) is 1. The molecule has 0 fully saturated rings. The fourth-order valence-electron chi connectivity index (χ4n) is 1.26. The van der Waals surface area contributed by atoms with Crippen LogP contribution in [0.25, 0.3) is 0 Å². The highest BCUT2D eigenvalue weighted by Crippen LogP contribution is 2.11. The van der Waals surface area contributed by atoms with E-state index in [4.69, 9.17) is 0 Å².